The summed E-state index contributed by atoms with van der Waals surface area (Å²) in [7, 11) is 0. The van der Waals surface area contributed by atoms with E-state index < -0.39 is 6.89 Å². The van der Waals surface area contributed by atoms with Crippen LogP contribution in [0.4, 0.5) is 0 Å². The van der Waals surface area contributed by atoms with Crippen molar-refractivity contribution < 1.29 is 4.79 Å². The minimum atomic E-state index is -1.11. The highest BCUT2D eigenvalue weighted by molar-refractivity contribution is 7.73. The van der Waals surface area contributed by atoms with Crippen molar-refractivity contribution in [2.45, 2.75) is 333 Å². The smallest absolute Gasteiger partial charge is 0.132 e. The summed E-state index contributed by atoms with van der Waals surface area (Å²) in [5.41, 5.74) is 3.31. The van der Waals surface area contributed by atoms with Gasteiger partial charge in [0.05, 0.1) is 0 Å². The van der Waals surface area contributed by atoms with Gasteiger partial charge in [0.1, 0.15) is 5.78 Å². The molecule has 0 saturated carbocycles. The van der Waals surface area contributed by atoms with Crippen molar-refractivity contribution in [2.24, 2.45) is 17.3 Å². The predicted molar refractivity (Wildman–Crippen MR) is 311 cm³/mol. The molecule has 0 rings (SSSR count). The normalized spacial score (nSPS) is 13.0. The third kappa shape index (κ3) is 59.5. The van der Waals surface area contributed by atoms with Crippen LogP contribution in [0.2, 0.25) is 0 Å². The fourth-order valence-corrected chi connectivity index (χ4v) is 11.1. The van der Waals surface area contributed by atoms with E-state index in [0.717, 1.165) is 38.5 Å². The highest BCUT2D eigenvalue weighted by Gasteiger charge is 2.21. The van der Waals surface area contributed by atoms with Gasteiger partial charge in [0, 0.05) is 12.8 Å². The Morgan fingerprint density at radius 1 is 0.492 bits per heavy atom. The van der Waals surface area contributed by atoms with Gasteiger partial charge in [-0.05, 0) is 101 Å². The standard InChI is InChI=1S/C43H83OP.C10H22.C8H18.C2H6/c1-9-11-13-15-16-17-18-19-20-21-22-23-24-26-28-32-43(44)34-33-42(38-40(5)31-27-25-14-12-10-2)41(6)35-37-45(7,8)36-29-30-39(3)4;1-3-5-7-9-10-8-6-4-2;1-5-7-8(3,4)6-2;1-2/h41-42H,3,5,7,9-38H2,1-2,4,6,8H3;3-10H2,1-2H3;5-7H2,1-4H3;1-2H3/t41-,42?,45?;;;/m1.../s1. The lowest BCUT2D eigenvalue weighted by Crippen LogP contribution is -2.16. The number of carbonyl (C=O) groups excluding carboxylic acids is 1. The Morgan fingerprint density at radius 3 is 1.20 bits per heavy atom. The first-order valence-corrected chi connectivity index (χ1v) is 32.5. The SMILES string of the molecule is C=C(C)CCCP(=C)(C)CC[C@@H](C)C(CCC(=O)CCCCCCCCCCCCCCCCC)CC(=C)CCCCCCC.CC.CCCC(C)(C)CC.CCCCCCCCCC. The van der Waals surface area contributed by atoms with Gasteiger partial charge in [-0.25, -0.2) is 0 Å². The summed E-state index contributed by atoms with van der Waals surface area (Å²) in [6, 6.07) is 0. The van der Waals surface area contributed by atoms with Crippen LogP contribution in [0.25, 0.3) is 0 Å². The molecule has 65 heavy (non-hydrogen) atoms. The minimum Gasteiger partial charge on any atom is -0.300 e. The number of Topliss-reactive ketones (excluding diaryl/α,β-unsaturated/α-hetero) is 1. The van der Waals surface area contributed by atoms with E-state index in [-0.39, 0.29) is 0 Å². The molecule has 0 aromatic heterocycles. The van der Waals surface area contributed by atoms with E-state index in [0.29, 0.717) is 23.0 Å². The highest BCUT2D eigenvalue weighted by Crippen LogP contribution is 2.44. The topological polar surface area (TPSA) is 17.1 Å². The maximum absolute atomic E-state index is 12.9. The molecule has 1 nitrogen and oxygen atoms in total. The number of hydrogen-bond acceptors (Lipinski definition) is 1. The van der Waals surface area contributed by atoms with Gasteiger partial charge in [0.2, 0.25) is 0 Å². The first kappa shape index (κ1) is 71.0. The maximum Gasteiger partial charge on any atom is 0.132 e. The molecular formula is C63H129OP. The Kier molecular flexibility index (Phi) is 59.4. The number of carbonyl (C=O) groups is 1. The molecule has 0 spiro atoms. The van der Waals surface area contributed by atoms with Crippen LogP contribution in [0.3, 0.4) is 0 Å². The van der Waals surface area contributed by atoms with E-state index in [9.17, 15) is 4.79 Å². The molecule has 0 aliphatic rings. The monoisotopic (exact) mass is 933 g/mol. The van der Waals surface area contributed by atoms with E-state index >= 15 is 0 Å². The third-order valence-electron chi connectivity index (χ3n) is 14.1. The Hall–Kier alpha value is -0.550. The zero-order valence-corrected chi connectivity index (χ0v) is 49.0. The third-order valence-corrected chi connectivity index (χ3v) is 16.8. The van der Waals surface area contributed by atoms with Crippen LogP contribution in [0.5, 0.6) is 0 Å². The molecule has 392 valence electrons. The van der Waals surface area contributed by atoms with E-state index in [1.807, 2.05) is 13.8 Å². The number of hydrogen-bond donors (Lipinski definition) is 0. The maximum atomic E-state index is 12.9. The Balaban J connectivity index is -0.000000763. The van der Waals surface area contributed by atoms with Crippen molar-refractivity contribution in [3.8, 4) is 0 Å². The summed E-state index contributed by atoms with van der Waals surface area (Å²) in [6.07, 6.45) is 58.5. The van der Waals surface area contributed by atoms with Crippen LogP contribution in [-0.2, 0) is 4.79 Å². The number of unbranched alkanes of at least 4 members (excludes halogenated alkanes) is 25. The van der Waals surface area contributed by atoms with Crippen LogP contribution in [0.1, 0.15) is 333 Å². The fourth-order valence-electron chi connectivity index (χ4n) is 8.89. The summed E-state index contributed by atoms with van der Waals surface area (Å²) < 4.78 is 0. The number of ketones is 1. The molecule has 0 bridgehead atoms. The van der Waals surface area contributed by atoms with Gasteiger partial charge in [-0.3, -0.25) is 4.79 Å². The van der Waals surface area contributed by atoms with Crippen molar-refractivity contribution in [1.29, 1.82) is 0 Å². The van der Waals surface area contributed by atoms with Gasteiger partial charge < -0.3 is 0 Å². The molecule has 0 saturated heterocycles. The van der Waals surface area contributed by atoms with Crippen molar-refractivity contribution in [1.82, 2.24) is 0 Å². The Labute approximate surface area is 416 Å². The summed E-state index contributed by atoms with van der Waals surface area (Å²) in [4.78, 5) is 12.9. The molecule has 0 aromatic carbocycles. The highest BCUT2D eigenvalue weighted by atomic mass is 31.2. The second-order valence-corrected chi connectivity index (χ2v) is 26.1. The minimum absolute atomic E-state index is 0.501. The molecule has 0 heterocycles. The first-order valence-electron chi connectivity index (χ1n) is 29.7. The molecule has 0 fully saturated rings. The predicted octanol–water partition coefficient (Wildman–Crippen LogP) is 23.4. The van der Waals surface area contributed by atoms with Crippen molar-refractivity contribution >= 4 is 19.0 Å². The fraction of sp³-hybridized carbons (Fsp3) is 0.905. The van der Waals surface area contributed by atoms with Gasteiger partial charge in [-0.2, -0.15) is 0 Å². The van der Waals surface area contributed by atoms with E-state index in [4.69, 9.17) is 6.30 Å². The van der Waals surface area contributed by atoms with Crippen LogP contribution in [0.15, 0.2) is 24.3 Å². The lowest BCUT2D eigenvalue weighted by Gasteiger charge is -2.28. The average molecular weight is 934 g/mol. The van der Waals surface area contributed by atoms with Crippen molar-refractivity contribution in [3.63, 3.8) is 0 Å². The molecule has 0 aliphatic carbocycles. The van der Waals surface area contributed by atoms with Crippen LogP contribution < -0.4 is 0 Å². The van der Waals surface area contributed by atoms with Crippen molar-refractivity contribution in [3.05, 3.63) is 24.3 Å². The summed E-state index contributed by atoms with van der Waals surface area (Å²) in [6.45, 7) is 36.8. The Bertz CT molecular complexity index is 1010. The molecule has 0 amide bonds. The largest absolute Gasteiger partial charge is 0.300 e. The van der Waals surface area contributed by atoms with Crippen LogP contribution in [-0.4, -0.2) is 31.1 Å². The molecule has 0 aromatic rings. The van der Waals surface area contributed by atoms with E-state index in [1.165, 1.54) is 235 Å². The second kappa shape index (κ2) is 54.4. The lowest BCUT2D eigenvalue weighted by molar-refractivity contribution is -0.119. The zero-order chi connectivity index (χ0) is 49.9. The van der Waals surface area contributed by atoms with Gasteiger partial charge in [0.15, 0.2) is 0 Å². The number of allylic oxidation sites excluding steroid dienone is 2. The zero-order valence-electron chi connectivity index (χ0n) is 48.1. The molecule has 3 atom stereocenters. The molecule has 0 radical (unpaired) electrons. The van der Waals surface area contributed by atoms with Gasteiger partial charge >= 0.3 is 0 Å². The Morgan fingerprint density at radius 2 is 0.862 bits per heavy atom. The molecule has 2 unspecified atom stereocenters. The lowest BCUT2D eigenvalue weighted by atomic mass is 9.81. The van der Waals surface area contributed by atoms with Crippen LogP contribution >= 0.6 is 6.89 Å². The molecule has 0 N–H and O–H groups in total. The van der Waals surface area contributed by atoms with Gasteiger partial charge in [-0.1, -0.05) is 274 Å². The van der Waals surface area contributed by atoms with Crippen LogP contribution in [0, 0.1) is 17.3 Å². The second-order valence-electron chi connectivity index (χ2n) is 21.9. The van der Waals surface area contributed by atoms with Crippen molar-refractivity contribution in [2.75, 3.05) is 19.0 Å². The summed E-state index contributed by atoms with van der Waals surface area (Å²) >= 11 is 0. The summed E-state index contributed by atoms with van der Waals surface area (Å²) in [5, 5.41) is 0. The van der Waals surface area contributed by atoms with Gasteiger partial charge in [0.25, 0.3) is 0 Å². The van der Waals surface area contributed by atoms with E-state index in [2.05, 4.69) is 89.1 Å². The molecule has 2 heteroatoms. The molecular weight excluding hydrogens is 804 g/mol. The quantitative estimate of drug-likeness (QED) is 0.0338. The van der Waals surface area contributed by atoms with Gasteiger partial charge in [-0.15, -0.1) is 19.8 Å². The average Bonchev–Trinajstić information content (AvgIpc) is 3.27. The number of rotatable bonds is 45. The summed E-state index contributed by atoms with van der Waals surface area (Å²) in [5.74, 6) is 1.73. The molecule has 0 aliphatic heterocycles. The first-order chi connectivity index (χ1) is 31.1. The van der Waals surface area contributed by atoms with E-state index in [1.54, 1.807) is 0 Å².